The first kappa shape index (κ1) is 15.3. The molecule has 0 saturated heterocycles. The molecule has 2 aromatic carbocycles. The highest BCUT2D eigenvalue weighted by Gasteiger charge is 2.15. The highest BCUT2D eigenvalue weighted by atomic mass is 32.1. The van der Waals surface area contributed by atoms with E-state index in [0.717, 1.165) is 0 Å². The average Bonchev–Trinajstić information content (AvgIpc) is 2.44. The van der Waals surface area contributed by atoms with E-state index in [0.29, 0.717) is 27.3 Å². The minimum absolute atomic E-state index is 0.159. The van der Waals surface area contributed by atoms with Gasteiger partial charge in [0.1, 0.15) is 11.6 Å². The highest BCUT2D eigenvalue weighted by Crippen LogP contribution is 2.36. The maximum absolute atomic E-state index is 13.7. The van der Waals surface area contributed by atoms with Crippen molar-refractivity contribution in [1.29, 1.82) is 0 Å². The average molecular weight is 307 g/mol. The second kappa shape index (κ2) is 6.13. The van der Waals surface area contributed by atoms with Crippen LogP contribution in [0.15, 0.2) is 40.2 Å². The molecule has 0 aliphatic carbocycles. The minimum atomic E-state index is -0.462. The molecule has 6 heteroatoms. The lowest BCUT2D eigenvalue weighted by Gasteiger charge is -2.16. The van der Waals surface area contributed by atoms with Crippen LogP contribution in [0.25, 0.3) is 11.1 Å². The molecule has 0 aliphatic rings. The molecule has 0 amide bonds. The fourth-order valence-electron chi connectivity index (χ4n) is 2.02. The third-order valence-corrected chi connectivity index (χ3v) is 3.49. The fourth-order valence-corrected chi connectivity index (χ4v) is 2.32. The molecule has 3 N–H and O–H groups in total. The fraction of sp³-hybridized carbons (Fsp3) is 0.133. The lowest BCUT2D eigenvalue weighted by molar-refractivity contribution is 0.618. The predicted molar refractivity (Wildman–Crippen MR) is 85.0 cm³/mol. The van der Waals surface area contributed by atoms with Crippen molar-refractivity contribution in [1.82, 2.24) is 0 Å². The van der Waals surface area contributed by atoms with Crippen LogP contribution in [0.1, 0.15) is 5.56 Å². The molecule has 0 heterocycles. The van der Waals surface area contributed by atoms with Crippen LogP contribution >= 0.6 is 12.6 Å². The molecule has 2 rings (SSSR count). The number of nitrogens with zero attached hydrogens (tertiary/aromatic N) is 1. The number of thiol groups is 1. The number of halogens is 2. The molecule has 0 saturated carbocycles. The third kappa shape index (κ3) is 3.16. The Balaban J connectivity index is 2.69. The van der Waals surface area contributed by atoms with Crippen LogP contribution in [-0.2, 0) is 0 Å². The first-order valence-corrected chi connectivity index (χ1v) is 6.66. The van der Waals surface area contributed by atoms with Crippen molar-refractivity contribution in [3.8, 4) is 11.1 Å². The number of rotatable bonds is 2. The number of nitrogens with one attached hydrogen (secondary N) is 1. The molecule has 0 aromatic heterocycles. The maximum Gasteiger partial charge on any atom is 0.192 e. The molecule has 21 heavy (non-hydrogen) atoms. The molecule has 0 radical (unpaired) electrons. The number of guanidine groups is 1. The lowest BCUT2D eigenvalue weighted by atomic mass is 9.98. The van der Waals surface area contributed by atoms with E-state index in [2.05, 4.69) is 22.9 Å². The summed E-state index contributed by atoms with van der Waals surface area (Å²) in [7, 11) is 1.52. The van der Waals surface area contributed by atoms with E-state index in [9.17, 15) is 8.78 Å². The summed E-state index contributed by atoms with van der Waals surface area (Å²) in [4.78, 5) is 4.16. The van der Waals surface area contributed by atoms with Gasteiger partial charge in [0, 0.05) is 17.5 Å². The Morgan fingerprint density at radius 3 is 2.62 bits per heavy atom. The predicted octanol–water partition coefficient (Wildman–Crippen LogP) is 3.59. The van der Waals surface area contributed by atoms with Crippen molar-refractivity contribution in [3.63, 3.8) is 0 Å². The standard InChI is InChI=1S/C15H15F2N3S/c1-8-10(4-3-5-12(8)17)11-6-9(16)7-13(21)14(11)20-15(18)19-2/h3-7,21H,1-2H3,(H3,18,19,20). The number of benzene rings is 2. The molecular weight excluding hydrogens is 292 g/mol. The SMILES string of the molecule is CN=C(N)Nc1c(S)cc(F)cc1-c1cccc(F)c1C. The van der Waals surface area contributed by atoms with Gasteiger partial charge in [0.05, 0.1) is 5.69 Å². The van der Waals surface area contributed by atoms with Crippen molar-refractivity contribution < 1.29 is 8.78 Å². The molecule has 2 aromatic rings. The van der Waals surface area contributed by atoms with E-state index in [1.54, 1.807) is 19.1 Å². The van der Waals surface area contributed by atoms with E-state index in [4.69, 9.17) is 5.73 Å². The Labute approximate surface area is 127 Å². The Morgan fingerprint density at radius 1 is 1.24 bits per heavy atom. The van der Waals surface area contributed by atoms with E-state index < -0.39 is 5.82 Å². The molecule has 0 aliphatic heterocycles. The zero-order valence-corrected chi connectivity index (χ0v) is 12.5. The van der Waals surface area contributed by atoms with Gasteiger partial charge in [0.15, 0.2) is 5.96 Å². The number of hydrogen-bond acceptors (Lipinski definition) is 2. The van der Waals surface area contributed by atoms with Crippen molar-refractivity contribution in [3.05, 3.63) is 47.5 Å². The molecule has 0 spiro atoms. The van der Waals surface area contributed by atoms with Gasteiger partial charge in [-0.15, -0.1) is 12.6 Å². The molecular formula is C15H15F2N3S. The second-order valence-corrected chi connectivity index (χ2v) is 4.98. The summed E-state index contributed by atoms with van der Waals surface area (Å²) in [5.74, 6) is -0.663. The van der Waals surface area contributed by atoms with Gasteiger partial charge >= 0.3 is 0 Å². The summed E-state index contributed by atoms with van der Waals surface area (Å²) >= 11 is 4.25. The van der Waals surface area contributed by atoms with Crippen LogP contribution < -0.4 is 11.1 Å². The van der Waals surface area contributed by atoms with Gasteiger partial charge in [-0.05, 0) is 36.2 Å². The van der Waals surface area contributed by atoms with Crippen molar-refractivity contribution in [2.75, 3.05) is 12.4 Å². The normalized spacial score (nSPS) is 11.6. The summed E-state index contributed by atoms with van der Waals surface area (Å²) in [5.41, 5.74) is 7.61. The van der Waals surface area contributed by atoms with E-state index >= 15 is 0 Å². The van der Waals surface area contributed by atoms with Crippen LogP contribution in [0.4, 0.5) is 14.5 Å². The zero-order chi connectivity index (χ0) is 15.6. The van der Waals surface area contributed by atoms with Crippen molar-refractivity contribution >= 4 is 24.3 Å². The molecule has 3 nitrogen and oxygen atoms in total. The lowest BCUT2D eigenvalue weighted by Crippen LogP contribution is -2.22. The molecule has 0 unspecified atom stereocenters. The highest BCUT2D eigenvalue weighted by molar-refractivity contribution is 7.80. The summed E-state index contributed by atoms with van der Waals surface area (Å²) < 4.78 is 27.5. The van der Waals surface area contributed by atoms with Crippen LogP contribution in [0.3, 0.4) is 0 Å². The number of anilines is 1. The zero-order valence-electron chi connectivity index (χ0n) is 11.6. The van der Waals surface area contributed by atoms with Crippen molar-refractivity contribution in [2.45, 2.75) is 11.8 Å². The quantitative estimate of drug-likeness (QED) is 0.451. The molecule has 0 fully saturated rings. The van der Waals surface area contributed by atoms with Gasteiger partial charge in [-0.25, -0.2) is 8.78 Å². The molecule has 0 atom stereocenters. The summed E-state index contributed by atoms with van der Waals surface area (Å²) in [6.45, 7) is 1.63. The Kier molecular flexibility index (Phi) is 4.47. The Hall–Kier alpha value is -2.08. The first-order chi connectivity index (χ1) is 9.93. The largest absolute Gasteiger partial charge is 0.370 e. The third-order valence-electron chi connectivity index (χ3n) is 3.13. The summed E-state index contributed by atoms with van der Waals surface area (Å²) in [5, 5.41) is 2.86. The van der Waals surface area contributed by atoms with E-state index in [1.165, 1.54) is 25.2 Å². The van der Waals surface area contributed by atoms with Gasteiger partial charge in [0.25, 0.3) is 0 Å². The van der Waals surface area contributed by atoms with E-state index in [-0.39, 0.29) is 11.8 Å². The Bertz CT molecular complexity index is 714. The van der Waals surface area contributed by atoms with Crippen LogP contribution in [0, 0.1) is 18.6 Å². The minimum Gasteiger partial charge on any atom is -0.370 e. The van der Waals surface area contributed by atoms with Gasteiger partial charge < -0.3 is 11.1 Å². The number of hydrogen-bond donors (Lipinski definition) is 3. The summed E-state index contributed by atoms with van der Waals surface area (Å²) in [6.07, 6.45) is 0. The van der Waals surface area contributed by atoms with Gasteiger partial charge in [-0.1, -0.05) is 12.1 Å². The smallest absolute Gasteiger partial charge is 0.192 e. The van der Waals surface area contributed by atoms with Crippen LogP contribution in [0.5, 0.6) is 0 Å². The second-order valence-electron chi connectivity index (χ2n) is 4.49. The monoisotopic (exact) mass is 307 g/mol. The Morgan fingerprint density at radius 2 is 1.95 bits per heavy atom. The number of nitrogens with two attached hydrogens (primary N) is 1. The molecule has 0 bridgehead atoms. The van der Waals surface area contributed by atoms with Crippen molar-refractivity contribution in [2.24, 2.45) is 10.7 Å². The van der Waals surface area contributed by atoms with Gasteiger partial charge in [-0.3, -0.25) is 4.99 Å². The van der Waals surface area contributed by atoms with Crippen LogP contribution in [0.2, 0.25) is 0 Å². The number of aliphatic imine (C=N–C) groups is 1. The van der Waals surface area contributed by atoms with E-state index in [1.807, 2.05) is 0 Å². The summed E-state index contributed by atoms with van der Waals surface area (Å²) in [6, 6.07) is 7.21. The van der Waals surface area contributed by atoms with Gasteiger partial charge in [-0.2, -0.15) is 0 Å². The van der Waals surface area contributed by atoms with Crippen LogP contribution in [-0.4, -0.2) is 13.0 Å². The first-order valence-electron chi connectivity index (χ1n) is 6.21. The van der Waals surface area contributed by atoms with Gasteiger partial charge in [0.2, 0.25) is 0 Å². The topological polar surface area (TPSA) is 50.4 Å². The maximum atomic E-state index is 13.7. The molecule has 110 valence electrons.